The predicted octanol–water partition coefficient (Wildman–Crippen LogP) is 4.27. The monoisotopic (exact) mass is 450 g/mol. The van der Waals surface area contributed by atoms with E-state index in [2.05, 4.69) is 10.1 Å². The third-order valence-corrected chi connectivity index (χ3v) is 6.12. The van der Waals surface area contributed by atoms with E-state index < -0.39 is 5.69 Å². The largest absolute Gasteiger partial charge is 0.337 e. The van der Waals surface area contributed by atoms with Gasteiger partial charge >= 0.3 is 5.69 Å². The molecule has 0 fully saturated rings. The fourth-order valence-electron chi connectivity index (χ4n) is 3.44. The van der Waals surface area contributed by atoms with E-state index in [-0.39, 0.29) is 18.0 Å². The number of aromatic nitrogens is 4. The number of hydrogen-bond donors (Lipinski definition) is 0. The number of fused-ring (bicyclic) bond motifs is 1. The van der Waals surface area contributed by atoms with Crippen LogP contribution in [0, 0.1) is 6.92 Å². The molecule has 3 heterocycles. The minimum Gasteiger partial charge on any atom is -0.337 e. The third kappa shape index (κ3) is 3.39. The van der Waals surface area contributed by atoms with E-state index in [0.29, 0.717) is 26.8 Å². The summed E-state index contributed by atoms with van der Waals surface area (Å²) in [4.78, 5) is 30.9. The van der Waals surface area contributed by atoms with Gasteiger partial charge in [0.2, 0.25) is 11.7 Å². The van der Waals surface area contributed by atoms with E-state index in [4.69, 9.17) is 16.1 Å². The highest BCUT2D eigenvalue weighted by Crippen LogP contribution is 2.21. The molecule has 0 aliphatic heterocycles. The van der Waals surface area contributed by atoms with Gasteiger partial charge in [-0.3, -0.25) is 9.36 Å². The van der Waals surface area contributed by atoms with Crippen molar-refractivity contribution in [2.24, 2.45) is 0 Å². The Morgan fingerprint density at radius 3 is 2.61 bits per heavy atom. The second-order valence-electron chi connectivity index (χ2n) is 6.95. The minimum atomic E-state index is -0.462. The summed E-state index contributed by atoms with van der Waals surface area (Å²) in [6, 6.07) is 16.1. The maximum atomic E-state index is 13.4. The van der Waals surface area contributed by atoms with Crippen LogP contribution in [0.4, 0.5) is 0 Å². The van der Waals surface area contributed by atoms with Gasteiger partial charge in [-0.15, -0.1) is 11.3 Å². The van der Waals surface area contributed by atoms with Crippen molar-refractivity contribution >= 4 is 33.2 Å². The van der Waals surface area contributed by atoms with Gasteiger partial charge in [-0.2, -0.15) is 4.98 Å². The van der Waals surface area contributed by atoms with E-state index in [0.717, 1.165) is 11.1 Å². The van der Waals surface area contributed by atoms with Crippen molar-refractivity contribution in [2.75, 3.05) is 0 Å². The number of aryl methyl sites for hydroxylation is 1. The van der Waals surface area contributed by atoms with E-state index in [1.807, 2.05) is 19.1 Å². The summed E-state index contributed by atoms with van der Waals surface area (Å²) in [7, 11) is 0. The molecule has 9 heteroatoms. The van der Waals surface area contributed by atoms with Crippen molar-refractivity contribution in [3.63, 3.8) is 0 Å². The lowest BCUT2D eigenvalue weighted by atomic mass is 10.2. The Bertz CT molecular complexity index is 1530. The fourth-order valence-corrected chi connectivity index (χ4v) is 4.39. The Balaban J connectivity index is 1.64. The van der Waals surface area contributed by atoms with Crippen molar-refractivity contribution in [1.29, 1.82) is 0 Å². The van der Waals surface area contributed by atoms with Crippen LogP contribution in [0.1, 0.15) is 11.5 Å². The molecule has 0 saturated carbocycles. The van der Waals surface area contributed by atoms with Crippen LogP contribution in [-0.2, 0) is 6.54 Å². The van der Waals surface area contributed by atoms with Crippen molar-refractivity contribution < 1.29 is 4.52 Å². The van der Waals surface area contributed by atoms with Crippen LogP contribution < -0.4 is 11.2 Å². The third-order valence-electron chi connectivity index (χ3n) is 4.98. The van der Waals surface area contributed by atoms with Crippen molar-refractivity contribution in [1.82, 2.24) is 19.3 Å². The molecule has 0 N–H and O–H groups in total. The van der Waals surface area contributed by atoms with Crippen molar-refractivity contribution in [2.45, 2.75) is 13.5 Å². The first-order chi connectivity index (χ1) is 15.0. The van der Waals surface area contributed by atoms with Crippen molar-refractivity contribution in [3.8, 4) is 17.1 Å². The molecule has 0 aliphatic rings. The quantitative estimate of drug-likeness (QED) is 0.408. The highest BCUT2D eigenvalue weighted by Gasteiger charge is 2.19. The molecule has 0 unspecified atom stereocenters. The van der Waals surface area contributed by atoms with Gasteiger partial charge in [0.05, 0.1) is 11.2 Å². The van der Waals surface area contributed by atoms with Crippen LogP contribution in [0.25, 0.3) is 27.3 Å². The van der Waals surface area contributed by atoms with Gasteiger partial charge < -0.3 is 4.52 Å². The van der Waals surface area contributed by atoms with Gasteiger partial charge in [-0.05, 0) is 54.3 Å². The Kier molecular flexibility index (Phi) is 4.80. The topological polar surface area (TPSA) is 82.9 Å². The summed E-state index contributed by atoms with van der Waals surface area (Å²) in [5.74, 6) is 0.656. The van der Waals surface area contributed by atoms with E-state index in [9.17, 15) is 9.59 Å². The molecule has 3 aromatic heterocycles. The number of thiophene rings is 1. The molecule has 7 nitrogen and oxygen atoms in total. The zero-order chi connectivity index (χ0) is 21.5. The standard InChI is InChI=1S/C22H15ClN4O3S/c1-13-4-2-3-5-16(13)27-21(28)19-17(10-11-31-19)26(22(27)29)12-18-24-20(25-30-18)14-6-8-15(23)9-7-14/h2-11H,12H2,1H3. The van der Waals surface area contributed by atoms with Crippen LogP contribution >= 0.6 is 22.9 Å². The molecule has 154 valence electrons. The summed E-state index contributed by atoms with van der Waals surface area (Å²) >= 11 is 7.23. The van der Waals surface area contributed by atoms with E-state index in [1.54, 1.807) is 47.8 Å². The molecule has 0 atom stereocenters. The van der Waals surface area contributed by atoms with Gasteiger partial charge in [0.15, 0.2) is 0 Å². The molecule has 2 aromatic carbocycles. The first kappa shape index (κ1) is 19.5. The maximum absolute atomic E-state index is 13.4. The number of halogens is 1. The molecule has 0 radical (unpaired) electrons. The second kappa shape index (κ2) is 7.64. The average molecular weight is 451 g/mol. The number of nitrogens with zero attached hydrogens (tertiary/aromatic N) is 4. The molecule has 31 heavy (non-hydrogen) atoms. The molecule has 5 aromatic rings. The highest BCUT2D eigenvalue weighted by molar-refractivity contribution is 7.17. The Labute approximate surface area is 184 Å². The number of hydrogen-bond acceptors (Lipinski definition) is 6. The van der Waals surface area contributed by atoms with Crippen molar-refractivity contribution in [3.05, 3.63) is 97.3 Å². The normalized spacial score (nSPS) is 11.3. The zero-order valence-electron chi connectivity index (χ0n) is 16.3. The molecule has 5 rings (SSSR count). The van der Waals surface area contributed by atoms with Gasteiger partial charge in [0.25, 0.3) is 5.56 Å². The Morgan fingerprint density at radius 2 is 1.84 bits per heavy atom. The zero-order valence-corrected chi connectivity index (χ0v) is 17.9. The number of rotatable bonds is 4. The lowest BCUT2D eigenvalue weighted by molar-refractivity contribution is 0.370. The lowest BCUT2D eigenvalue weighted by Gasteiger charge is -2.12. The summed E-state index contributed by atoms with van der Waals surface area (Å²) in [5.41, 5.74) is 1.86. The lowest BCUT2D eigenvalue weighted by Crippen LogP contribution is -2.39. The first-order valence-electron chi connectivity index (χ1n) is 9.40. The number of para-hydroxylation sites is 1. The van der Waals surface area contributed by atoms with Crippen LogP contribution in [-0.4, -0.2) is 19.3 Å². The fraction of sp³-hybridized carbons (Fsp3) is 0.0909. The van der Waals surface area contributed by atoms with Gasteiger partial charge in [0.1, 0.15) is 11.2 Å². The van der Waals surface area contributed by atoms with Gasteiger partial charge in [0, 0.05) is 10.6 Å². The average Bonchev–Trinajstić information content (AvgIpc) is 3.43. The summed E-state index contributed by atoms with van der Waals surface area (Å²) < 4.78 is 8.57. The molecular formula is C22H15ClN4O3S. The summed E-state index contributed by atoms with van der Waals surface area (Å²) in [6.45, 7) is 1.90. The minimum absolute atomic E-state index is 0.0405. The second-order valence-corrected chi connectivity index (χ2v) is 8.30. The van der Waals surface area contributed by atoms with E-state index in [1.165, 1.54) is 20.5 Å². The summed E-state index contributed by atoms with van der Waals surface area (Å²) in [6.07, 6.45) is 0. The smallest absolute Gasteiger partial charge is 0.336 e. The molecule has 0 amide bonds. The van der Waals surface area contributed by atoms with Gasteiger partial charge in [-0.1, -0.05) is 35.0 Å². The maximum Gasteiger partial charge on any atom is 0.336 e. The predicted molar refractivity (Wildman–Crippen MR) is 120 cm³/mol. The molecule has 0 spiro atoms. The van der Waals surface area contributed by atoms with Crippen LogP contribution in [0.5, 0.6) is 0 Å². The SMILES string of the molecule is Cc1ccccc1-n1c(=O)c2sccc2n(Cc2nc(-c3ccc(Cl)cc3)no2)c1=O. The Hall–Kier alpha value is -3.49. The Morgan fingerprint density at radius 1 is 1.06 bits per heavy atom. The molecular weight excluding hydrogens is 436 g/mol. The molecule has 0 aliphatic carbocycles. The van der Waals surface area contributed by atoms with E-state index >= 15 is 0 Å². The van der Waals surface area contributed by atoms with Crippen LogP contribution in [0.3, 0.4) is 0 Å². The highest BCUT2D eigenvalue weighted by atomic mass is 35.5. The van der Waals surface area contributed by atoms with Gasteiger partial charge in [-0.25, -0.2) is 9.36 Å². The summed E-state index contributed by atoms with van der Waals surface area (Å²) in [5, 5.41) is 6.41. The number of benzene rings is 2. The first-order valence-corrected chi connectivity index (χ1v) is 10.7. The van der Waals surface area contributed by atoms with Crippen LogP contribution in [0.15, 0.2) is 74.1 Å². The molecule has 0 saturated heterocycles. The molecule has 0 bridgehead atoms. The van der Waals surface area contributed by atoms with Crippen LogP contribution in [0.2, 0.25) is 5.02 Å².